The number of nitro groups is 1. The second kappa shape index (κ2) is 7.48. The molecule has 3 aromatic carbocycles. The van der Waals surface area contributed by atoms with Crippen molar-refractivity contribution in [2.24, 2.45) is 0 Å². The van der Waals surface area contributed by atoms with E-state index in [-0.39, 0.29) is 5.56 Å². The van der Waals surface area contributed by atoms with Crippen LogP contribution in [0.1, 0.15) is 15.9 Å². The van der Waals surface area contributed by atoms with Crippen molar-refractivity contribution in [1.29, 1.82) is 0 Å². The van der Waals surface area contributed by atoms with Crippen LogP contribution in [-0.2, 0) is 6.61 Å². The number of benzene rings is 3. The molecule has 0 saturated heterocycles. The van der Waals surface area contributed by atoms with Crippen LogP contribution in [0.2, 0.25) is 0 Å². The number of rotatable bonds is 6. The minimum absolute atomic E-state index is 0.126. The number of hydrogen-bond acceptors (Lipinski definition) is 5. The first-order chi connectivity index (χ1) is 12.6. The molecule has 0 aliphatic carbocycles. The topological polar surface area (TPSA) is 89.7 Å². The zero-order chi connectivity index (χ0) is 18.5. The third-order valence-corrected chi connectivity index (χ3v) is 3.88. The van der Waals surface area contributed by atoms with E-state index >= 15 is 0 Å². The van der Waals surface area contributed by atoms with Gasteiger partial charge in [0, 0.05) is 6.07 Å². The Morgan fingerprint density at radius 3 is 2.31 bits per heavy atom. The Hall–Kier alpha value is -3.67. The highest BCUT2D eigenvalue weighted by Crippen LogP contribution is 2.35. The molecule has 0 atom stereocenters. The summed E-state index contributed by atoms with van der Waals surface area (Å²) in [5.74, 6) is 0.0260. The van der Waals surface area contributed by atoms with Gasteiger partial charge in [0.2, 0.25) is 5.75 Å². The highest BCUT2D eigenvalue weighted by molar-refractivity contribution is 5.86. The molecule has 0 bridgehead atoms. The monoisotopic (exact) mass is 349 g/mol. The van der Waals surface area contributed by atoms with Gasteiger partial charge in [-0.15, -0.1) is 0 Å². The Morgan fingerprint density at radius 2 is 1.69 bits per heavy atom. The SMILES string of the molecule is O=Cc1cc(-c2ccc(OCc3ccccc3)cc2)cc([N+](=O)[O-])c1O. The van der Waals surface area contributed by atoms with Crippen LogP contribution >= 0.6 is 0 Å². The van der Waals surface area contributed by atoms with Gasteiger partial charge in [-0.3, -0.25) is 14.9 Å². The van der Waals surface area contributed by atoms with Crippen molar-refractivity contribution in [3.8, 4) is 22.6 Å². The number of ether oxygens (including phenoxy) is 1. The summed E-state index contributed by atoms with van der Waals surface area (Å²) >= 11 is 0. The third kappa shape index (κ3) is 3.70. The van der Waals surface area contributed by atoms with E-state index in [0.717, 1.165) is 5.56 Å². The Balaban J connectivity index is 1.83. The van der Waals surface area contributed by atoms with Crippen molar-refractivity contribution in [2.45, 2.75) is 6.61 Å². The van der Waals surface area contributed by atoms with E-state index in [1.807, 2.05) is 30.3 Å². The quantitative estimate of drug-likeness (QED) is 0.406. The smallest absolute Gasteiger partial charge is 0.312 e. The largest absolute Gasteiger partial charge is 0.502 e. The highest BCUT2D eigenvalue weighted by Gasteiger charge is 2.19. The maximum absolute atomic E-state index is 11.1. The second-order valence-corrected chi connectivity index (χ2v) is 5.61. The number of phenolic OH excluding ortho intramolecular Hbond substituents is 1. The summed E-state index contributed by atoms with van der Waals surface area (Å²) in [7, 11) is 0. The van der Waals surface area contributed by atoms with Gasteiger partial charge >= 0.3 is 5.69 Å². The molecule has 6 heteroatoms. The lowest BCUT2D eigenvalue weighted by molar-refractivity contribution is -0.385. The number of aromatic hydroxyl groups is 1. The van der Waals surface area contributed by atoms with E-state index in [4.69, 9.17) is 4.74 Å². The van der Waals surface area contributed by atoms with Crippen LogP contribution in [0.25, 0.3) is 11.1 Å². The molecule has 130 valence electrons. The molecule has 26 heavy (non-hydrogen) atoms. The minimum atomic E-state index is -0.719. The molecule has 6 nitrogen and oxygen atoms in total. The molecule has 0 radical (unpaired) electrons. The maximum atomic E-state index is 11.1. The molecule has 0 aliphatic heterocycles. The van der Waals surface area contributed by atoms with Gasteiger partial charge < -0.3 is 9.84 Å². The van der Waals surface area contributed by atoms with Crippen molar-refractivity contribution >= 4 is 12.0 Å². The van der Waals surface area contributed by atoms with Gasteiger partial charge in [0.1, 0.15) is 12.4 Å². The fourth-order valence-corrected chi connectivity index (χ4v) is 2.52. The van der Waals surface area contributed by atoms with Crippen LogP contribution in [-0.4, -0.2) is 16.3 Å². The Kier molecular flexibility index (Phi) is 4.94. The van der Waals surface area contributed by atoms with Crippen molar-refractivity contribution in [3.63, 3.8) is 0 Å². The van der Waals surface area contributed by atoms with Gasteiger partial charge in [-0.25, -0.2) is 0 Å². The number of phenols is 1. The van der Waals surface area contributed by atoms with Crippen molar-refractivity contribution in [2.75, 3.05) is 0 Å². The van der Waals surface area contributed by atoms with Crippen LogP contribution < -0.4 is 4.74 Å². The summed E-state index contributed by atoms with van der Waals surface area (Å²) in [5, 5.41) is 20.8. The lowest BCUT2D eigenvalue weighted by atomic mass is 10.0. The predicted octanol–water partition coefficient (Wildman–Crippen LogP) is 4.36. The first-order valence-corrected chi connectivity index (χ1v) is 7.82. The lowest BCUT2D eigenvalue weighted by Gasteiger charge is -2.08. The molecule has 0 spiro atoms. The van der Waals surface area contributed by atoms with Crippen molar-refractivity contribution in [3.05, 3.63) is 88.0 Å². The van der Waals surface area contributed by atoms with Crippen molar-refractivity contribution < 1.29 is 19.6 Å². The number of carbonyl (C=O) groups is 1. The Bertz CT molecular complexity index is 936. The first kappa shape index (κ1) is 17.2. The van der Waals surface area contributed by atoms with Gasteiger partial charge in [0.15, 0.2) is 6.29 Å². The Labute approximate surface area is 149 Å². The molecular formula is C20H15NO5. The van der Waals surface area contributed by atoms with Crippen molar-refractivity contribution in [1.82, 2.24) is 0 Å². The van der Waals surface area contributed by atoms with Gasteiger partial charge in [0.25, 0.3) is 0 Å². The second-order valence-electron chi connectivity index (χ2n) is 5.61. The fraction of sp³-hybridized carbons (Fsp3) is 0.0500. The number of hydrogen-bond donors (Lipinski definition) is 1. The standard InChI is InChI=1S/C20H15NO5/c22-12-17-10-16(11-19(20(17)23)21(24)25)15-6-8-18(9-7-15)26-13-14-4-2-1-3-5-14/h1-12,23H,13H2. The van der Waals surface area contributed by atoms with E-state index in [2.05, 4.69) is 0 Å². The molecule has 0 unspecified atom stereocenters. The van der Waals surface area contributed by atoms with Crippen LogP contribution in [0.3, 0.4) is 0 Å². The van der Waals surface area contributed by atoms with Gasteiger partial charge in [-0.1, -0.05) is 42.5 Å². The summed E-state index contributed by atoms with van der Waals surface area (Å²) < 4.78 is 5.70. The number of carbonyl (C=O) groups excluding carboxylic acids is 1. The van der Waals surface area contributed by atoms with E-state index in [1.54, 1.807) is 24.3 Å². The molecule has 0 saturated carbocycles. The number of nitrogens with zero attached hydrogens (tertiary/aromatic N) is 1. The zero-order valence-electron chi connectivity index (χ0n) is 13.7. The van der Waals surface area contributed by atoms with Gasteiger partial charge in [-0.2, -0.15) is 0 Å². The summed E-state index contributed by atoms with van der Waals surface area (Å²) in [6.45, 7) is 0.431. The molecule has 0 aromatic heterocycles. The van der Waals surface area contributed by atoms with Crippen LogP contribution in [0.4, 0.5) is 5.69 Å². The van der Waals surface area contributed by atoms with E-state index in [0.29, 0.717) is 29.8 Å². The zero-order valence-corrected chi connectivity index (χ0v) is 13.7. The van der Waals surface area contributed by atoms with E-state index < -0.39 is 16.4 Å². The molecule has 1 N–H and O–H groups in total. The average molecular weight is 349 g/mol. The molecule has 3 rings (SSSR count). The third-order valence-electron chi connectivity index (χ3n) is 3.88. The minimum Gasteiger partial charge on any atom is -0.502 e. The molecular weight excluding hydrogens is 334 g/mol. The normalized spacial score (nSPS) is 10.3. The van der Waals surface area contributed by atoms with Gasteiger partial charge in [-0.05, 0) is 34.9 Å². The van der Waals surface area contributed by atoms with Crippen LogP contribution in [0.5, 0.6) is 11.5 Å². The summed E-state index contributed by atoms with van der Waals surface area (Å²) in [5.41, 5.74) is 1.54. The van der Waals surface area contributed by atoms with Crippen LogP contribution in [0.15, 0.2) is 66.7 Å². The van der Waals surface area contributed by atoms with Crippen LogP contribution in [0, 0.1) is 10.1 Å². The van der Waals surface area contributed by atoms with E-state index in [1.165, 1.54) is 12.1 Å². The average Bonchev–Trinajstić information content (AvgIpc) is 2.67. The highest BCUT2D eigenvalue weighted by atomic mass is 16.6. The molecule has 0 amide bonds. The van der Waals surface area contributed by atoms with Gasteiger partial charge in [0.05, 0.1) is 10.5 Å². The molecule has 0 aliphatic rings. The van der Waals surface area contributed by atoms with E-state index in [9.17, 15) is 20.0 Å². The number of aldehydes is 1. The summed E-state index contributed by atoms with van der Waals surface area (Å²) in [4.78, 5) is 21.4. The summed E-state index contributed by atoms with van der Waals surface area (Å²) in [6.07, 6.45) is 0.392. The predicted molar refractivity (Wildman–Crippen MR) is 96.4 cm³/mol. The molecule has 0 fully saturated rings. The fourth-order valence-electron chi connectivity index (χ4n) is 2.52. The lowest BCUT2D eigenvalue weighted by Crippen LogP contribution is -1.95. The number of nitro benzene ring substituents is 1. The molecule has 3 aromatic rings. The molecule has 0 heterocycles. The summed E-state index contributed by atoms with van der Waals surface area (Å²) in [6, 6.07) is 19.4. The maximum Gasteiger partial charge on any atom is 0.312 e. The first-order valence-electron chi connectivity index (χ1n) is 7.82. The Morgan fingerprint density at radius 1 is 1.00 bits per heavy atom.